The van der Waals surface area contributed by atoms with Gasteiger partial charge in [-0.1, -0.05) is 29.8 Å². The van der Waals surface area contributed by atoms with Gasteiger partial charge in [0.2, 0.25) is 0 Å². The van der Waals surface area contributed by atoms with Crippen molar-refractivity contribution in [2.24, 2.45) is 0 Å². The van der Waals surface area contributed by atoms with Crippen molar-refractivity contribution in [1.82, 2.24) is 0 Å². The summed E-state index contributed by atoms with van der Waals surface area (Å²) >= 11 is 7.40. The highest BCUT2D eigenvalue weighted by Crippen LogP contribution is 2.35. The molecule has 0 bridgehead atoms. The molecule has 1 heterocycles. The molecule has 0 aromatic rings. The Kier molecular flexibility index (Phi) is 2.34. The lowest BCUT2D eigenvalue weighted by molar-refractivity contribution is -0.107. The molecular weight excluding hydrogens is 204 g/mol. The van der Waals surface area contributed by atoms with Gasteiger partial charge < -0.3 is 4.79 Å². The molecule has 0 spiro atoms. The van der Waals surface area contributed by atoms with E-state index in [0.717, 1.165) is 26.6 Å². The van der Waals surface area contributed by atoms with E-state index in [0.29, 0.717) is 6.42 Å². The van der Waals surface area contributed by atoms with Gasteiger partial charge in [-0.2, -0.15) is 0 Å². The van der Waals surface area contributed by atoms with E-state index >= 15 is 0 Å². The molecule has 66 valence electrons. The van der Waals surface area contributed by atoms with Gasteiger partial charge in [-0.15, -0.1) is 11.3 Å². The number of hydrogen-bond donors (Lipinski definition) is 0. The average Bonchev–Trinajstić information content (AvgIpc) is 2.49. The normalized spacial score (nSPS) is 10.5. The third-order valence-corrected chi connectivity index (χ3v) is 3.31. The van der Waals surface area contributed by atoms with Crippen molar-refractivity contribution in [3.8, 4) is 10.4 Å². The summed E-state index contributed by atoms with van der Waals surface area (Å²) in [4.78, 5) is 11.5. The molecule has 0 aromatic carbocycles. The van der Waals surface area contributed by atoms with Crippen LogP contribution in [0.1, 0.15) is 5.56 Å². The second-order valence-corrected chi connectivity index (χ2v) is 4.44. The van der Waals surface area contributed by atoms with Crippen LogP contribution in [0.15, 0.2) is 24.3 Å². The summed E-state index contributed by atoms with van der Waals surface area (Å²) in [5.74, 6) is 0. The predicted octanol–water partition coefficient (Wildman–Crippen LogP) is 3.25. The third-order valence-electron chi connectivity index (χ3n) is 1.91. The maximum atomic E-state index is 10.4. The standard InChI is InChI=1S/C10H7ClOS/c11-9-4-3-7-1-2-8(5-6-12)10(7)13-9/h1-4,6H,5H2. The number of rotatable bonds is 2. The van der Waals surface area contributed by atoms with Gasteiger partial charge in [-0.05, 0) is 17.2 Å². The van der Waals surface area contributed by atoms with E-state index < -0.39 is 0 Å². The lowest BCUT2D eigenvalue weighted by atomic mass is 10.2. The van der Waals surface area contributed by atoms with E-state index in [2.05, 4.69) is 0 Å². The van der Waals surface area contributed by atoms with Crippen molar-refractivity contribution in [1.29, 1.82) is 0 Å². The van der Waals surface area contributed by atoms with Crippen LogP contribution in [0.4, 0.5) is 0 Å². The van der Waals surface area contributed by atoms with Crippen LogP contribution in [0.3, 0.4) is 0 Å². The summed E-state index contributed by atoms with van der Waals surface area (Å²) < 4.78 is 0.755. The Morgan fingerprint density at radius 2 is 2.08 bits per heavy atom. The van der Waals surface area contributed by atoms with Crippen LogP contribution in [0.2, 0.25) is 4.34 Å². The largest absolute Gasteiger partial charge is 0.303 e. The van der Waals surface area contributed by atoms with Crippen molar-refractivity contribution < 1.29 is 4.79 Å². The molecule has 2 aliphatic rings. The number of carbonyl (C=O) groups is 1. The van der Waals surface area contributed by atoms with Crippen LogP contribution in [0.25, 0.3) is 10.4 Å². The summed E-state index contributed by atoms with van der Waals surface area (Å²) in [5.41, 5.74) is 2.23. The third kappa shape index (κ3) is 1.60. The van der Waals surface area contributed by atoms with E-state index in [4.69, 9.17) is 11.6 Å². The molecule has 1 nitrogen and oxygen atoms in total. The van der Waals surface area contributed by atoms with Gasteiger partial charge in [0.25, 0.3) is 0 Å². The molecule has 0 fully saturated rings. The Morgan fingerprint density at radius 1 is 1.31 bits per heavy atom. The monoisotopic (exact) mass is 210 g/mol. The van der Waals surface area contributed by atoms with E-state index in [1.807, 2.05) is 24.3 Å². The Morgan fingerprint density at radius 3 is 2.85 bits per heavy atom. The molecular formula is C10H7ClOS. The molecule has 2 rings (SSSR count). The van der Waals surface area contributed by atoms with E-state index in [1.165, 1.54) is 11.3 Å². The van der Waals surface area contributed by atoms with Gasteiger partial charge in [-0.3, -0.25) is 0 Å². The first-order valence-electron chi connectivity index (χ1n) is 3.92. The van der Waals surface area contributed by atoms with E-state index in [1.54, 1.807) is 0 Å². The highest BCUT2D eigenvalue weighted by Gasteiger charge is 2.09. The molecule has 3 heteroatoms. The zero-order valence-electron chi connectivity index (χ0n) is 6.79. The molecule has 1 aliphatic carbocycles. The number of halogens is 1. The van der Waals surface area contributed by atoms with Gasteiger partial charge in [0.15, 0.2) is 0 Å². The topological polar surface area (TPSA) is 17.1 Å². The predicted molar refractivity (Wildman–Crippen MR) is 55.7 cm³/mol. The van der Waals surface area contributed by atoms with Crippen LogP contribution in [0, 0.1) is 0 Å². The number of carbonyl (C=O) groups excluding carboxylic acids is 1. The fourth-order valence-electron chi connectivity index (χ4n) is 1.32. The Labute approximate surface area is 85.3 Å². The molecule has 0 saturated carbocycles. The van der Waals surface area contributed by atoms with Crippen molar-refractivity contribution in [3.63, 3.8) is 0 Å². The zero-order chi connectivity index (χ0) is 9.26. The Balaban J connectivity index is 2.55. The van der Waals surface area contributed by atoms with Crippen molar-refractivity contribution in [2.45, 2.75) is 6.42 Å². The summed E-state index contributed by atoms with van der Waals surface area (Å²) in [7, 11) is 0. The number of aldehydes is 1. The molecule has 0 saturated heterocycles. The zero-order valence-corrected chi connectivity index (χ0v) is 8.36. The second-order valence-electron chi connectivity index (χ2n) is 2.75. The lowest BCUT2D eigenvalue weighted by Crippen LogP contribution is -1.83. The molecule has 1 aliphatic heterocycles. The minimum absolute atomic E-state index is 0.473. The first-order chi connectivity index (χ1) is 6.31. The van der Waals surface area contributed by atoms with Crippen molar-refractivity contribution in [3.05, 3.63) is 34.2 Å². The molecule has 0 amide bonds. The summed E-state index contributed by atoms with van der Waals surface area (Å²) in [6, 6.07) is 7.84. The maximum absolute atomic E-state index is 10.4. The van der Waals surface area contributed by atoms with E-state index in [-0.39, 0.29) is 0 Å². The molecule has 0 atom stereocenters. The summed E-state index contributed by atoms with van der Waals surface area (Å²) in [6.45, 7) is 0. The second kappa shape index (κ2) is 3.48. The maximum Gasteiger partial charge on any atom is 0.124 e. The summed E-state index contributed by atoms with van der Waals surface area (Å²) in [6.07, 6.45) is 1.39. The molecule has 13 heavy (non-hydrogen) atoms. The minimum Gasteiger partial charge on any atom is -0.303 e. The van der Waals surface area contributed by atoms with Crippen LogP contribution < -0.4 is 0 Å². The minimum atomic E-state index is 0.473. The van der Waals surface area contributed by atoms with Gasteiger partial charge in [0.05, 0.1) is 4.34 Å². The Hall–Kier alpha value is -0.860. The first-order valence-corrected chi connectivity index (χ1v) is 5.11. The fourth-order valence-corrected chi connectivity index (χ4v) is 2.48. The fraction of sp³-hybridized carbons (Fsp3) is 0.100. The Bertz CT molecular complexity index is 408. The smallest absolute Gasteiger partial charge is 0.124 e. The number of fused-ring (bicyclic) bond motifs is 1. The van der Waals surface area contributed by atoms with E-state index in [9.17, 15) is 4.79 Å². The molecule has 0 radical (unpaired) electrons. The van der Waals surface area contributed by atoms with Gasteiger partial charge in [0, 0.05) is 11.3 Å². The van der Waals surface area contributed by atoms with Gasteiger partial charge in [-0.25, -0.2) is 0 Å². The molecule has 0 N–H and O–H groups in total. The average molecular weight is 211 g/mol. The van der Waals surface area contributed by atoms with Crippen LogP contribution in [-0.4, -0.2) is 6.29 Å². The number of hydrogen-bond acceptors (Lipinski definition) is 2. The first kappa shape index (κ1) is 8.73. The van der Waals surface area contributed by atoms with Crippen LogP contribution >= 0.6 is 22.9 Å². The van der Waals surface area contributed by atoms with Crippen molar-refractivity contribution >= 4 is 29.2 Å². The SMILES string of the molecule is O=CCc1ccc2ccc(Cl)sc1-2. The van der Waals surface area contributed by atoms with Crippen molar-refractivity contribution in [2.75, 3.05) is 0 Å². The van der Waals surface area contributed by atoms with Crippen LogP contribution in [-0.2, 0) is 11.2 Å². The quantitative estimate of drug-likeness (QED) is 0.696. The van der Waals surface area contributed by atoms with Gasteiger partial charge >= 0.3 is 0 Å². The summed E-state index contributed by atoms with van der Waals surface area (Å²) in [5, 5.41) is 0. The highest BCUT2D eigenvalue weighted by atomic mass is 35.5. The lowest BCUT2D eigenvalue weighted by Gasteiger charge is -2.00. The van der Waals surface area contributed by atoms with Gasteiger partial charge in [0.1, 0.15) is 6.29 Å². The molecule has 0 aromatic heterocycles. The highest BCUT2D eigenvalue weighted by molar-refractivity contribution is 7.19. The van der Waals surface area contributed by atoms with Crippen LogP contribution in [0.5, 0.6) is 0 Å². The molecule has 0 unspecified atom stereocenters.